The van der Waals surface area contributed by atoms with Crippen LogP contribution in [0.15, 0.2) is 85.2 Å². The molecule has 0 saturated heterocycles. The Bertz CT molecular complexity index is 1200. The van der Waals surface area contributed by atoms with Crippen molar-refractivity contribution in [2.75, 3.05) is 14.2 Å². The van der Waals surface area contributed by atoms with Crippen LogP contribution in [0.4, 0.5) is 0 Å². The maximum Gasteiger partial charge on any atom is 0.251 e. The second-order valence-corrected chi connectivity index (χ2v) is 7.69. The van der Waals surface area contributed by atoms with Gasteiger partial charge in [-0.25, -0.2) is 0 Å². The van der Waals surface area contributed by atoms with Gasteiger partial charge in [-0.05, 0) is 34.9 Å². The molecule has 0 fully saturated rings. The van der Waals surface area contributed by atoms with Gasteiger partial charge in [-0.15, -0.1) is 0 Å². The molecule has 4 rings (SSSR count). The molecule has 1 aromatic heterocycles. The quantitative estimate of drug-likeness (QED) is 0.381. The van der Waals surface area contributed by atoms with Crippen LogP contribution in [0.5, 0.6) is 17.2 Å². The summed E-state index contributed by atoms with van der Waals surface area (Å²) in [4.78, 5) is 12.9. The van der Waals surface area contributed by atoms with Crippen molar-refractivity contribution in [2.24, 2.45) is 0 Å². The first-order valence-electron chi connectivity index (χ1n) is 10.9. The monoisotopic (exact) mass is 457 g/mol. The fraction of sp³-hybridized carbons (Fsp3) is 0.185. The summed E-state index contributed by atoms with van der Waals surface area (Å²) >= 11 is 0. The minimum absolute atomic E-state index is 0.233. The van der Waals surface area contributed by atoms with Crippen molar-refractivity contribution in [3.05, 3.63) is 107 Å². The lowest BCUT2D eigenvalue weighted by molar-refractivity contribution is 0.0950. The predicted molar refractivity (Wildman–Crippen MR) is 129 cm³/mol. The van der Waals surface area contributed by atoms with Crippen molar-refractivity contribution >= 4 is 5.91 Å². The Labute approximate surface area is 198 Å². The standard InChI is InChI=1S/C27H27N3O4/c1-32-24-15-23(16-25(33-2)26(24)34-19-20-8-4-3-5-9-20)27(31)28-17-21-10-6-11-22(14-21)18-30-13-7-12-29-30/h3-16H,17-19H2,1-2H3,(H,28,31). The van der Waals surface area contributed by atoms with Crippen LogP contribution in [-0.2, 0) is 19.7 Å². The van der Waals surface area contributed by atoms with Gasteiger partial charge in [-0.3, -0.25) is 9.48 Å². The molecule has 0 saturated carbocycles. The minimum atomic E-state index is -0.233. The number of hydrogen-bond acceptors (Lipinski definition) is 5. The molecule has 0 aliphatic heterocycles. The molecule has 7 nitrogen and oxygen atoms in total. The second-order valence-electron chi connectivity index (χ2n) is 7.69. The first-order chi connectivity index (χ1) is 16.7. The molecule has 0 radical (unpaired) electrons. The molecule has 0 aliphatic rings. The van der Waals surface area contributed by atoms with Crippen molar-refractivity contribution < 1.29 is 19.0 Å². The summed E-state index contributed by atoms with van der Waals surface area (Å²) in [5, 5.41) is 7.21. The maximum atomic E-state index is 12.9. The number of nitrogens with one attached hydrogen (secondary N) is 1. The number of carbonyl (C=O) groups is 1. The van der Waals surface area contributed by atoms with Gasteiger partial charge in [0.2, 0.25) is 5.75 Å². The Balaban J connectivity index is 1.44. The molecule has 174 valence electrons. The molecule has 0 bridgehead atoms. The third kappa shape index (κ3) is 5.75. The van der Waals surface area contributed by atoms with Gasteiger partial charge in [0.05, 0.1) is 20.8 Å². The maximum absolute atomic E-state index is 12.9. The highest BCUT2D eigenvalue weighted by Crippen LogP contribution is 2.39. The Hall–Kier alpha value is -4.26. The Kier molecular flexibility index (Phi) is 7.45. The van der Waals surface area contributed by atoms with Crippen LogP contribution < -0.4 is 19.5 Å². The van der Waals surface area contributed by atoms with E-state index in [0.717, 1.165) is 16.7 Å². The fourth-order valence-electron chi connectivity index (χ4n) is 3.59. The lowest BCUT2D eigenvalue weighted by Crippen LogP contribution is -2.23. The van der Waals surface area contributed by atoms with E-state index in [2.05, 4.69) is 16.5 Å². The summed E-state index contributed by atoms with van der Waals surface area (Å²) in [5.74, 6) is 1.09. The van der Waals surface area contributed by atoms with Gasteiger partial charge >= 0.3 is 0 Å². The molecular formula is C27H27N3O4. The number of ether oxygens (including phenoxy) is 3. The third-order valence-electron chi connectivity index (χ3n) is 5.30. The average Bonchev–Trinajstić information content (AvgIpc) is 3.39. The smallest absolute Gasteiger partial charge is 0.251 e. The molecular weight excluding hydrogens is 430 g/mol. The van der Waals surface area contributed by atoms with Crippen LogP contribution in [0.25, 0.3) is 0 Å². The number of rotatable bonds is 10. The van der Waals surface area contributed by atoms with Gasteiger partial charge in [-0.1, -0.05) is 54.6 Å². The highest BCUT2D eigenvalue weighted by molar-refractivity contribution is 5.95. The molecule has 7 heteroatoms. The van der Waals surface area contributed by atoms with Gasteiger partial charge in [0, 0.05) is 24.5 Å². The lowest BCUT2D eigenvalue weighted by Gasteiger charge is -2.16. The molecule has 0 atom stereocenters. The summed E-state index contributed by atoms with van der Waals surface area (Å²) in [6, 6.07) is 23.1. The zero-order valence-corrected chi connectivity index (χ0v) is 19.2. The van der Waals surface area contributed by atoms with Crippen LogP contribution in [0, 0.1) is 0 Å². The van der Waals surface area contributed by atoms with E-state index in [-0.39, 0.29) is 5.91 Å². The van der Waals surface area contributed by atoms with Crippen LogP contribution in [-0.4, -0.2) is 29.9 Å². The first-order valence-corrected chi connectivity index (χ1v) is 10.9. The topological polar surface area (TPSA) is 74.6 Å². The van der Waals surface area contributed by atoms with Crippen molar-refractivity contribution in [3.63, 3.8) is 0 Å². The van der Waals surface area contributed by atoms with E-state index in [1.807, 2.05) is 65.5 Å². The SMILES string of the molecule is COc1cc(C(=O)NCc2cccc(Cn3cccn3)c2)cc(OC)c1OCc1ccccc1. The number of amides is 1. The first kappa shape index (κ1) is 22.9. The van der Waals surface area contributed by atoms with Crippen molar-refractivity contribution in [1.82, 2.24) is 15.1 Å². The van der Waals surface area contributed by atoms with Crippen LogP contribution >= 0.6 is 0 Å². The van der Waals surface area contributed by atoms with E-state index in [1.54, 1.807) is 18.3 Å². The molecule has 1 heterocycles. The van der Waals surface area contributed by atoms with Crippen LogP contribution in [0.3, 0.4) is 0 Å². The number of methoxy groups -OCH3 is 2. The minimum Gasteiger partial charge on any atom is -0.493 e. The predicted octanol–water partition coefficient (Wildman–Crippen LogP) is 4.46. The van der Waals surface area contributed by atoms with E-state index in [4.69, 9.17) is 14.2 Å². The van der Waals surface area contributed by atoms with E-state index in [9.17, 15) is 4.79 Å². The van der Waals surface area contributed by atoms with Crippen molar-refractivity contribution in [2.45, 2.75) is 19.7 Å². The van der Waals surface area contributed by atoms with Crippen LogP contribution in [0.1, 0.15) is 27.0 Å². The van der Waals surface area contributed by atoms with E-state index in [1.165, 1.54) is 14.2 Å². The van der Waals surface area contributed by atoms with Gasteiger partial charge < -0.3 is 19.5 Å². The summed E-state index contributed by atoms with van der Waals surface area (Å²) in [6.07, 6.45) is 3.67. The van der Waals surface area contributed by atoms with Gasteiger partial charge in [0.25, 0.3) is 5.91 Å². The number of carbonyl (C=O) groups excluding carboxylic acids is 1. The Morgan fingerprint density at radius 3 is 2.26 bits per heavy atom. The summed E-state index contributed by atoms with van der Waals surface area (Å²) < 4.78 is 18.8. The highest BCUT2D eigenvalue weighted by Gasteiger charge is 2.18. The zero-order valence-electron chi connectivity index (χ0n) is 19.2. The zero-order chi connectivity index (χ0) is 23.8. The Morgan fingerprint density at radius 2 is 1.59 bits per heavy atom. The van der Waals surface area contributed by atoms with E-state index in [0.29, 0.717) is 42.5 Å². The molecule has 0 aliphatic carbocycles. The van der Waals surface area contributed by atoms with Gasteiger partial charge in [-0.2, -0.15) is 5.10 Å². The molecule has 4 aromatic rings. The van der Waals surface area contributed by atoms with Gasteiger partial charge in [0.1, 0.15) is 6.61 Å². The molecule has 1 amide bonds. The number of aromatic nitrogens is 2. The van der Waals surface area contributed by atoms with Crippen molar-refractivity contribution in [3.8, 4) is 17.2 Å². The number of hydrogen-bond donors (Lipinski definition) is 1. The van der Waals surface area contributed by atoms with E-state index < -0.39 is 0 Å². The summed E-state index contributed by atoms with van der Waals surface area (Å²) in [7, 11) is 3.08. The number of nitrogens with zero attached hydrogens (tertiary/aromatic N) is 2. The molecule has 0 spiro atoms. The summed E-state index contributed by atoms with van der Waals surface area (Å²) in [5.41, 5.74) is 3.55. The molecule has 1 N–H and O–H groups in total. The highest BCUT2D eigenvalue weighted by atomic mass is 16.5. The number of benzene rings is 3. The third-order valence-corrected chi connectivity index (χ3v) is 5.30. The lowest BCUT2D eigenvalue weighted by atomic mass is 10.1. The molecule has 34 heavy (non-hydrogen) atoms. The van der Waals surface area contributed by atoms with E-state index >= 15 is 0 Å². The fourth-order valence-corrected chi connectivity index (χ4v) is 3.59. The van der Waals surface area contributed by atoms with Crippen molar-refractivity contribution in [1.29, 1.82) is 0 Å². The summed E-state index contributed by atoms with van der Waals surface area (Å²) in [6.45, 7) is 1.42. The second kappa shape index (κ2) is 11.0. The average molecular weight is 458 g/mol. The Morgan fingerprint density at radius 1 is 0.882 bits per heavy atom. The normalized spacial score (nSPS) is 10.5. The van der Waals surface area contributed by atoms with Gasteiger partial charge in [0.15, 0.2) is 11.5 Å². The van der Waals surface area contributed by atoms with Crippen LogP contribution in [0.2, 0.25) is 0 Å². The largest absolute Gasteiger partial charge is 0.493 e. The molecule has 0 unspecified atom stereocenters. The molecule has 3 aromatic carbocycles.